The standard InChI is InChI=1S/C16H16ClN5OS/c1-2-21(10-13-8-9-14(17)24-13)15(23)11-22-19-16(18-20-22)12-6-4-3-5-7-12/h3-9H,2,10-11H2,1H3. The fourth-order valence-electron chi connectivity index (χ4n) is 2.24. The summed E-state index contributed by atoms with van der Waals surface area (Å²) < 4.78 is 0.721. The van der Waals surface area contributed by atoms with Crippen molar-refractivity contribution in [3.63, 3.8) is 0 Å². The highest BCUT2D eigenvalue weighted by Gasteiger charge is 2.16. The lowest BCUT2D eigenvalue weighted by atomic mass is 10.2. The number of carbonyl (C=O) groups excluding carboxylic acids is 1. The molecule has 0 N–H and O–H groups in total. The molecule has 0 radical (unpaired) electrons. The van der Waals surface area contributed by atoms with Crippen LogP contribution in [0.15, 0.2) is 42.5 Å². The number of tetrazole rings is 1. The zero-order valence-corrected chi connectivity index (χ0v) is 14.7. The van der Waals surface area contributed by atoms with Gasteiger partial charge in [-0.15, -0.1) is 21.5 Å². The van der Waals surface area contributed by atoms with Crippen molar-refractivity contribution in [1.29, 1.82) is 0 Å². The first-order chi connectivity index (χ1) is 11.7. The van der Waals surface area contributed by atoms with Crippen LogP contribution in [0.3, 0.4) is 0 Å². The van der Waals surface area contributed by atoms with Crippen LogP contribution in [0.1, 0.15) is 11.8 Å². The topological polar surface area (TPSA) is 63.9 Å². The van der Waals surface area contributed by atoms with Gasteiger partial charge >= 0.3 is 0 Å². The molecule has 0 saturated heterocycles. The van der Waals surface area contributed by atoms with Crippen LogP contribution in [-0.4, -0.2) is 37.6 Å². The van der Waals surface area contributed by atoms with Gasteiger partial charge in [-0.05, 0) is 24.3 Å². The molecule has 0 bridgehead atoms. The Balaban J connectivity index is 1.66. The number of nitrogens with zero attached hydrogens (tertiary/aromatic N) is 5. The number of hydrogen-bond acceptors (Lipinski definition) is 5. The lowest BCUT2D eigenvalue weighted by Gasteiger charge is -2.19. The van der Waals surface area contributed by atoms with Crippen LogP contribution in [0.2, 0.25) is 4.34 Å². The van der Waals surface area contributed by atoms with Gasteiger partial charge in [0.25, 0.3) is 0 Å². The Hall–Kier alpha value is -2.25. The minimum Gasteiger partial charge on any atom is -0.336 e. The van der Waals surface area contributed by atoms with Crippen LogP contribution in [0.5, 0.6) is 0 Å². The molecule has 2 heterocycles. The van der Waals surface area contributed by atoms with Crippen molar-refractivity contribution in [2.24, 2.45) is 0 Å². The number of benzene rings is 1. The average Bonchev–Trinajstić information content (AvgIpc) is 3.22. The van der Waals surface area contributed by atoms with Gasteiger partial charge in [0.1, 0.15) is 6.54 Å². The van der Waals surface area contributed by atoms with Gasteiger partial charge in [-0.2, -0.15) is 4.80 Å². The number of amides is 1. The Morgan fingerprint density at radius 2 is 2.04 bits per heavy atom. The predicted molar refractivity (Wildman–Crippen MR) is 93.7 cm³/mol. The largest absolute Gasteiger partial charge is 0.336 e. The van der Waals surface area contributed by atoms with Crippen molar-refractivity contribution in [2.75, 3.05) is 6.54 Å². The van der Waals surface area contributed by atoms with E-state index in [1.165, 1.54) is 16.1 Å². The minimum absolute atomic E-state index is 0.0564. The zero-order chi connectivity index (χ0) is 16.9. The summed E-state index contributed by atoms with van der Waals surface area (Å²) in [5, 5.41) is 12.3. The Kier molecular flexibility index (Phi) is 5.22. The molecule has 2 aromatic heterocycles. The van der Waals surface area contributed by atoms with Crippen molar-refractivity contribution < 1.29 is 4.79 Å². The van der Waals surface area contributed by atoms with Crippen molar-refractivity contribution in [3.8, 4) is 11.4 Å². The monoisotopic (exact) mass is 361 g/mol. The van der Waals surface area contributed by atoms with E-state index >= 15 is 0 Å². The lowest BCUT2D eigenvalue weighted by molar-refractivity contribution is -0.132. The van der Waals surface area contributed by atoms with E-state index in [9.17, 15) is 4.79 Å². The third-order valence-electron chi connectivity index (χ3n) is 3.47. The quantitative estimate of drug-likeness (QED) is 0.676. The highest BCUT2D eigenvalue weighted by atomic mass is 35.5. The maximum absolute atomic E-state index is 12.5. The molecular weight excluding hydrogens is 346 g/mol. The SMILES string of the molecule is CCN(Cc1ccc(Cl)s1)C(=O)Cn1nnc(-c2ccccc2)n1. The number of aromatic nitrogens is 4. The molecule has 0 aliphatic carbocycles. The number of thiophene rings is 1. The van der Waals surface area contributed by atoms with Gasteiger partial charge in [0.2, 0.25) is 11.7 Å². The average molecular weight is 362 g/mol. The smallest absolute Gasteiger partial charge is 0.246 e. The molecule has 0 saturated carbocycles. The fourth-order valence-corrected chi connectivity index (χ4v) is 3.34. The van der Waals surface area contributed by atoms with Gasteiger partial charge in [0, 0.05) is 17.0 Å². The maximum Gasteiger partial charge on any atom is 0.246 e. The third kappa shape index (κ3) is 3.98. The second-order valence-corrected chi connectivity index (χ2v) is 6.92. The van der Waals surface area contributed by atoms with E-state index in [2.05, 4.69) is 15.4 Å². The van der Waals surface area contributed by atoms with Crippen molar-refractivity contribution in [3.05, 3.63) is 51.7 Å². The summed E-state index contributed by atoms with van der Waals surface area (Å²) in [6.45, 7) is 3.14. The maximum atomic E-state index is 12.5. The molecule has 0 spiro atoms. The molecule has 24 heavy (non-hydrogen) atoms. The number of halogens is 1. The second kappa shape index (κ2) is 7.55. The first-order valence-corrected chi connectivity index (χ1v) is 8.70. The van der Waals surface area contributed by atoms with Crippen LogP contribution in [0.25, 0.3) is 11.4 Å². The summed E-state index contributed by atoms with van der Waals surface area (Å²) in [4.78, 5) is 16.6. The summed E-state index contributed by atoms with van der Waals surface area (Å²) in [6.07, 6.45) is 0. The van der Waals surface area contributed by atoms with E-state index in [-0.39, 0.29) is 12.5 Å². The molecule has 0 aliphatic heterocycles. The van der Waals surface area contributed by atoms with Crippen LogP contribution in [0.4, 0.5) is 0 Å². The molecule has 0 atom stereocenters. The molecule has 3 aromatic rings. The summed E-state index contributed by atoms with van der Waals surface area (Å²) in [5.74, 6) is 0.454. The van der Waals surface area contributed by atoms with E-state index in [1.54, 1.807) is 4.90 Å². The first-order valence-electron chi connectivity index (χ1n) is 7.51. The molecule has 124 valence electrons. The van der Waals surface area contributed by atoms with Crippen LogP contribution < -0.4 is 0 Å². The van der Waals surface area contributed by atoms with E-state index in [4.69, 9.17) is 11.6 Å². The predicted octanol–water partition coefficient (Wildman–Crippen LogP) is 3.10. The van der Waals surface area contributed by atoms with Gasteiger partial charge in [-0.25, -0.2) is 0 Å². The molecule has 1 amide bonds. The van der Waals surface area contributed by atoms with Gasteiger partial charge in [-0.3, -0.25) is 4.79 Å². The Morgan fingerprint density at radius 1 is 1.25 bits per heavy atom. The van der Waals surface area contributed by atoms with Gasteiger partial charge in [-0.1, -0.05) is 41.9 Å². The van der Waals surface area contributed by atoms with Crippen molar-refractivity contribution in [2.45, 2.75) is 20.0 Å². The molecule has 3 rings (SSSR count). The van der Waals surface area contributed by atoms with Crippen LogP contribution >= 0.6 is 22.9 Å². The molecule has 6 nitrogen and oxygen atoms in total. The minimum atomic E-state index is -0.0564. The zero-order valence-electron chi connectivity index (χ0n) is 13.1. The summed E-state index contributed by atoms with van der Waals surface area (Å²) in [7, 11) is 0. The molecular formula is C16H16ClN5OS. The van der Waals surface area contributed by atoms with Gasteiger partial charge in [0.15, 0.2) is 0 Å². The van der Waals surface area contributed by atoms with Gasteiger partial charge in [0.05, 0.1) is 10.9 Å². The van der Waals surface area contributed by atoms with E-state index in [0.717, 1.165) is 14.8 Å². The second-order valence-electron chi connectivity index (χ2n) is 5.12. The first kappa shape index (κ1) is 16.6. The Bertz CT molecular complexity index is 817. The molecule has 8 heteroatoms. The number of hydrogen-bond donors (Lipinski definition) is 0. The van der Waals surface area contributed by atoms with Crippen LogP contribution in [0, 0.1) is 0 Å². The Morgan fingerprint density at radius 3 is 2.71 bits per heavy atom. The number of rotatable bonds is 6. The van der Waals surface area contributed by atoms with Crippen molar-refractivity contribution in [1.82, 2.24) is 25.1 Å². The normalized spacial score (nSPS) is 10.8. The third-order valence-corrected chi connectivity index (χ3v) is 4.69. The summed E-state index contributed by atoms with van der Waals surface area (Å²) in [6, 6.07) is 13.3. The summed E-state index contributed by atoms with van der Waals surface area (Å²) >= 11 is 7.42. The Labute approximate surface area is 148 Å². The fraction of sp³-hybridized carbons (Fsp3) is 0.250. The molecule has 0 aliphatic rings. The van der Waals surface area contributed by atoms with Gasteiger partial charge < -0.3 is 4.90 Å². The summed E-state index contributed by atoms with van der Waals surface area (Å²) in [5.41, 5.74) is 0.872. The number of likely N-dealkylation sites (N-methyl/N-ethyl adjacent to an activating group) is 1. The van der Waals surface area contributed by atoms with Crippen molar-refractivity contribution >= 4 is 28.8 Å². The van der Waals surface area contributed by atoms with E-state index in [0.29, 0.717) is 18.9 Å². The van der Waals surface area contributed by atoms with E-state index in [1.807, 2.05) is 49.4 Å². The molecule has 0 unspecified atom stereocenters. The highest BCUT2D eigenvalue weighted by molar-refractivity contribution is 7.16. The van der Waals surface area contributed by atoms with Crippen LogP contribution in [-0.2, 0) is 17.9 Å². The van der Waals surface area contributed by atoms with E-state index < -0.39 is 0 Å². The molecule has 1 aromatic carbocycles. The lowest BCUT2D eigenvalue weighted by Crippen LogP contribution is -2.33. The number of carbonyl (C=O) groups is 1. The molecule has 0 fully saturated rings. The highest BCUT2D eigenvalue weighted by Crippen LogP contribution is 2.22.